The lowest BCUT2D eigenvalue weighted by Gasteiger charge is -2.12. The first-order chi connectivity index (χ1) is 16.7. The van der Waals surface area contributed by atoms with Gasteiger partial charge >= 0.3 is 12.0 Å². The highest BCUT2D eigenvalue weighted by molar-refractivity contribution is 7.07. The van der Waals surface area contributed by atoms with Gasteiger partial charge in [0.25, 0.3) is 5.56 Å². The van der Waals surface area contributed by atoms with Gasteiger partial charge in [0.1, 0.15) is 21.1 Å². The Hall–Kier alpha value is -3.69. The normalized spacial score (nSPS) is 12.2. The van der Waals surface area contributed by atoms with E-state index in [1.165, 1.54) is 29.0 Å². The molecule has 10 nitrogen and oxygen atoms in total. The topological polar surface area (TPSA) is 128 Å². The van der Waals surface area contributed by atoms with E-state index in [1.54, 1.807) is 13.8 Å². The Bertz CT molecular complexity index is 1280. The van der Waals surface area contributed by atoms with Crippen molar-refractivity contribution in [3.8, 4) is 6.07 Å². The molecule has 0 saturated heterocycles. The van der Waals surface area contributed by atoms with Gasteiger partial charge < -0.3 is 25.6 Å². The quantitative estimate of drug-likeness (QED) is 0.328. The molecule has 0 unspecified atom stereocenters. The van der Waals surface area contributed by atoms with Crippen LogP contribution in [-0.2, 0) is 16.1 Å². The number of nitrogens with one attached hydrogen (secondary N) is 3. The molecule has 2 aromatic rings. The van der Waals surface area contributed by atoms with E-state index in [-0.39, 0.29) is 33.6 Å². The van der Waals surface area contributed by atoms with Crippen LogP contribution in [0.3, 0.4) is 0 Å². The molecular formula is C23H29FN6O4S. The van der Waals surface area contributed by atoms with Gasteiger partial charge in [-0.2, -0.15) is 5.26 Å². The van der Waals surface area contributed by atoms with Crippen molar-refractivity contribution in [1.29, 1.82) is 5.26 Å². The number of hydrogen-bond acceptors (Lipinski definition) is 8. The zero-order valence-corrected chi connectivity index (χ0v) is 20.9. The summed E-state index contributed by atoms with van der Waals surface area (Å²) in [5.41, 5.74) is -0.259. The van der Waals surface area contributed by atoms with E-state index in [0.29, 0.717) is 12.2 Å². The fourth-order valence-electron chi connectivity index (χ4n) is 3.00. The van der Waals surface area contributed by atoms with Crippen molar-refractivity contribution in [3.63, 3.8) is 0 Å². The number of nitriles is 1. The smallest absolute Gasteiger partial charge is 0.351 e. The third kappa shape index (κ3) is 7.66. The maximum absolute atomic E-state index is 14.2. The highest BCUT2D eigenvalue weighted by Crippen LogP contribution is 2.19. The van der Waals surface area contributed by atoms with E-state index < -0.39 is 23.4 Å². The van der Waals surface area contributed by atoms with Crippen molar-refractivity contribution >= 4 is 46.5 Å². The number of nitrogens with zero attached hydrogens (tertiary/aromatic N) is 3. The van der Waals surface area contributed by atoms with Crippen LogP contribution in [0.25, 0.3) is 11.8 Å². The lowest BCUT2D eigenvalue weighted by atomic mass is 10.2. The van der Waals surface area contributed by atoms with E-state index in [2.05, 4.69) is 16.0 Å². The Labute approximate surface area is 206 Å². The number of halogens is 1. The van der Waals surface area contributed by atoms with Crippen molar-refractivity contribution in [3.05, 3.63) is 43.6 Å². The lowest BCUT2D eigenvalue weighted by molar-refractivity contribution is -0.136. The molecule has 0 bridgehead atoms. The Morgan fingerprint density at radius 2 is 2.06 bits per heavy atom. The first-order valence-corrected chi connectivity index (χ1v) is 11.8. The number of esters is 1. The van der Waals surface area contributed by atoms with Crippen molar-refractivity contribution in [2.24, 2.45) is 0 Å². The van der Waals surface area contributed by atoms with Crippen LogP contribution in [0.15, 0.2) is 23.0 Å². The molecule has 188 valence electrons. The number of carbonyl (C=O) groups excluding carboxylic acids is 2. The first-order valence-electron chi connectivity index (χ1n) is 11.0. The highest BCUT2D eigenvalue weighted by Gasteiger charge is 2.16. The van der Waals surface area contributed by atoms with Crippen LogP contribution >= 0.6 is 11.3 Å². The molecule has 0 fully saturated rings. The lowest BCUT2D eigenvalue weighted by Crippen LogP contribution is -2.32. The number of aromatic nitrogens is 1. The summed E-state index contributed by atoms with van der Waals surface area (Å²) in [7, 11) is 3.86. The monoisotopic (exact) mass is 504 g/mol. The minimum atomic E-state index is -0.799. The van der Waals surface area contributed by atoms with Crippen LogP contribution in [0.1, 0.15) is 20.3 Å². The molecule has 0 aliphatic carbocycles. The summed E-state index contributed by atoms with van der Waals surface area (Å²) in [5.74, 6) is -1.42. The van der Waals surface area contributed by atoms with E-state index in [0.717, 1.165) is 24.3 Å². The van der Waals surface area contributed by atoms with E-state index >= 15 is 0 Å². The van der Waals surface area contributed by atoms with Crippen LogP contribution in [0, 0.1) is 17.1 Å². The molecule has 2 amide bonds. The van der Waals surface area contributed by atoms with Crippen molar-refractivity contribution in [2.75, 3.05) is 44.4 Å². The van der Waals surface area contributed by atoms with Gasteiger partial charge in [0.2, 0.25) is 0 Å². The van der Waals surface area contributed by atoms with Gasteiger partial charge in [-0.3, -0.25) is 9.36 Å². The standard InChI is InChI=1S/C23H29FN6O4S/c1-5-30-20(31)19(35-21(30)16(13-25)22(32)34-6-2)14-27-15-8-9-17(24)18(12-15)28-23(33)26-10-7-11-29(3)4/h8-9,12,14,27H,5-7,10-11H2,1-4H3,(H2,26,28,33)/b19-14+,21-16+. The van der Waals surface area contributed by atoms with Crippen LogP contribution in [0.4, 0.5) is 20.6 Å². The predicted molar refractivity (Wildman–Crippen MR) is 134 cm³/mol. The molecule has 0 aliphatic rings. The number of urea groups is 1. The molecule has 3 N–H and O–H groups in total. The fraction of sp³-hybridized carbons (Fsp3) is 0.391. The fourth-order valence-corrected chi connectivity index (χ4v) is 4.08. The van der Waals surface area contributed by atoms with E-state index in [4.69, 9.17) is 4.74 Å². The van der Waals surface area contributed by atoms with Gasteiger partial charge in [0, 0.05) is 25.0 Å². The molecule has 1 aromatic heterocycles. The Morgan fingerprint density at radius 1 is 1.31 bits per heavy atom. The van der Waals surface area contributed by atoms with E-state index in [9.17, 15) is 24.0 Å². The summed E-state index contributed by atoms with van der Waals surface area (Å²) in [4.78, 5) is 39.0. The molecule has 1 heterocycles. The average Bonchev–Trinajstić information content (AvgIpc) is 3.12. The number of ether oxygens (including phenoxy) is 1. The maximum atomic E-state index is 14.2. The van der Waals surface area contributed by atoms with Crippen LogP contribution in [-0.4, -0.2) is 55.3 Å². The molecular weight excluding hydrogens is 475 g/mol. The predicted octanol–water partition coefficient (Wildman–Crippen LogP) is 1.23. The summed E-state index contributed by atoms with van der Waals surface area (Å²) in [6.07, 6.45) is 2.15. The number of anilines is 2. The summed E-state index contributed by atoms with van der Waals surface area (Å²) in [6, 6.07) is 5.31. The number of carbonyl (C=O) groups is 2. The van der Waals surface area contributed by atoms with Gasteiger partial charge in [0.15, 0.2) is 5.57 Å². The molecule has 0 radical (unpaired) electrons. The van der Waals surface area contributed by atoms with Crippen LogP contribution in [0.5, 0.6) is 0 Å². The number of hydrogen-bond donors (Lipinski definition) is 3. The highest BCUT2D eigenvalue weighted by atomic mass is 32.1. The van der Waals surface area contributed by atoms with Gasteiger partial charge in [0.05, 0.1) is 12.3 Å². The molecule has 0 aliphatic heterocycles. The Kier molecular flexibility index (Phi) is 10.4. The van der Waals surface area contributed by atoms with Crippen LogP contribution in [0.2, 0.25) is 0 Å². The molecule has 2 rings (SSSR count). The Balaban J connectivity index is 2.27. The molecule has 12 heteroatoms. The number of thiazole rings is 1. The van der Waals surface area contributed by atoms with Crippen molar-refractivity contribution in [2.45, 2.75) is 26.8 Å². The largest absolute Gasteiger partial charge is 0.462 e. The molecule has 0 atom stereocenters. The third-order valence-corrected chi connectivity index (χ3v) is 5.81. The third-order valence-electron chi connectivity index (χ3n) is 4.68. The number of benzene rings is 1. The van der Waals surface area contributed by atoms with Gasteiger partial charge in [-0.25, -0.2) is 14.0 Å². The van der Waals surface area contributed by atoms with E-state index in [1.807, 2.05) is 25.1 Å². The summed E-state index contributed by atoms with van der Waals surface area (Å²) in [6.45, 7) is 4.94. The van der Waals surface area contributed by atoms with Crippen LogP contribution < -0.4 is 30.7 Å². The van der Waals surface area contributed by atoms with Crippen molar-refractivity contribution < 1.29 is 18.7 Å². The van der Waals surface area contributed by atoms with Gasteiger partial charge in [-0.15, -0.1) is 11.3 Å². The molecule has 35 heavy (non-hydrogen) atoms. The zero-order chi connectivity index (χ0) is 26.0. The minimum absolute atomic E-state index is 0.0336. The SMILES string of the molecule is CCOC(=O)/C(C#N)=c1/s/c(=C/Nc2ccc(F)c(NC(=O)NCCCN(C)C)c2)c(=O)n1CC. The van der Waals surface area contributed by atoms with Gasteiger partial charge in [-0.05, 0) is 59.1 Å². The second-order valence-corrected chi connectivity index (χ2v) is 8.58. The Morgan fingerprint density at radius 3 is 2.69 bits per heavy atom. The summed E-state index contributed by atoms with van der Waals surface area (Å²) >= 11 is 0.963. The number of amides is 2. The summed E-state index contributed by atoms with van der Waals surface area (Å²) in [5, 5.41) is 17.5. The van der Waals surface area contributed by atoms with Crippen molar-refractivity contribution in [1.82, 2.24) is 14.8 Å². The second-order valence-electron chi connectivity index (χ2n) is 7.55. The maximum Gasteiger partial charge on any atom is 0.351 e. The zero-order valence-electron chi connectivity index (χ0n) is 20.1. The molecule has 0 spiro atoms. The molecule has 0 saturated carbocycles. The summed E-state index contributed by atoms with van der Waals surface area (Å²) < 4.78 is 20.9. The molecule has 1 aromatic carbocycles. The first kappa shape index (κ1) is 27.6. The minimum Gasteiger partial charge on any atom is -0.462 e. The number of rotatable bonds is 10. The second kappa shape index (κ2) is 13.3. The van der Waals surface area contributed by atoms with Gasteiger partial charge in [-0.1, -0.05) is 0 Å². The average molecular weight is 505 g/mol.